The van der Waals surface area contributed by atoms with E-state index in [1.807, 2.05) is 0 Å². The van der Waals surface area contributed by atoms with Crippen molar-refractivity contribution in [2.45, 2.75) is 9.96 Å². The second-order valence-corrected chi connectivity index (χ2v) is 7.50. The zero-order valence-corrected chi connectivity index (χ0v) is 15.6. The number of hydrogen-bond acceptors (Lipinski definition) is 4. The summed E-state index contributed by atoms with van der Waals surface area (Å²) in [6.07, 6.45) is -1.13. The van der Waals surface area contributed by atoms with Gasteiger partial charge in [0.15, 0.2) is 11.3 Å². The molecular formula is C12H14Cl3N5O3S. The Kier molecular flexibility index (Phi) is 7.27. The molecule has 1 aromatic carbocycles. The van der Waals surface area contributed by atoms with Gasteiger partial charge in [0.25, 0.3) is 5.69 Å². The van der Waals surface area contributed by atoms with Crippen molar-refractivity contribution in [1.29, 1.82) is 0 Å². The number of halogens is 3. The van der Waals surface area contributed by atoms with E-state index < -0.39 is 20.9 Å². The van der Waals surface area contributed by atoms with Crippen molar-refractivity contribution in [1.82, 2.24) is 15.5 Å². The lowest BCUT2D eigenvalue weighted by Crippen LogP contribution is -2.57. The number of rotatable bonds is 4. The second-order valence-electron chi connectivity index (χ2n) is 4.72. The zero-order chi connectivity index (χ0) is 18.5. The fraction of sp³-hybridized carbons (Fsp3) is 0.333. The molecule has 0 spiro atoms. The van der Waals surface area contributed by atoms with Crippen LogP contribution in [-0.4, -0.2) is 45.0 Å². The molecule has 0 heterocycles. The quantitative estimate of drug-likeness (QED) is 0.230. The predicted molar refractivity (Wildman–Crippen MR) is 98.7 cm³/mol. The van der Waals surface area contributed by atoms with Crippen LogP contribution in [0.1, 0.15) is 0 Å². The number of urea groups is 1. The van der Waals surface area contributed by atoms with Gasteiger partial charge >= 0.3 is 6.03 Å². The minimum Gasteiger partial charge on any atom is -0.339 e. The van der Waals surface area contributed by atoms with Gasteiger partial charge in [0.05, 0.1) is 4.92 Å². The molecule has 1 aromatic rings. The molecule has 2 amide bonds. The molecule has 12 heteroatoms. The molecule has 1 atom stereocenters. The molecule has 1 unspecified atom stereocenters. The number of carbonyl (C=O) groups is 1. The number of nitro benzene ring substituents is 1. The molecule has 0 aliphatic rings. The summed E-state index contributed by atoms with van der Waals surface area (Å²) in [6.45, 7) is 0. The summed E-state index contributed by atoms with van der Waals surface area (Å²) in [5.41, 5.74) is 0.255. The van der Waals surface area contributed by atoms with Gasteiger partial charge in [-0.3, -0.25) is 10.1 Å². The highest BCUT2D eigenvalue weighted by Gasteiger charge is 2.35. The molecule has 0 fully saturated rings. The summed E-state index contributed by atoms with van der Waals surface area (Å²) < 4.78 is -1.89. The van der Waals surface area contributed by atoms with Crippen LogP contribution in [0.25, 0.3) is 0 Å². The number of amides is 2. The first kappa shape index (κ1) is 20.5. The Labute approximate surface area is 158 Å². The number of hydrogen-bond donors (Lipinski definition) is 3. The monoisotopic (exact) mass is 413 g/mol. The van der Waals surface area contributed by atoms with E-state index in [2.05, 4.69) is 16.0 Å². The van der Waals surface area contributed by atoms with Gasteiger partial charge in [-0.1, -0.05) is 40.9 Å². The third-order valence-electron chi connectivity index (χ3n) is 2.59. The highest BCUT2D eigenvalue weighted by atomic mass is 35.6. The molecule has 0 bridgehead atoms. The number of alkyl halides is 3. The van der Waals surface area contributed by atoms with Crippen molar-refractivity contribution < 1.29 is 9.72 Å². The molecule has 0 aromatic heterocycles. The first-order chi connectivity index (χ1) is 11.0. The first-order valence-electron chi connectivity index (χ1n) is 6.37. The molecular weight excluding hydrogens is 401 g/mol. The van der Waals surface area contributed by atoms with Crippen molar-refractivity contribution in [3.8, 4) is 0 Å². The first-order valence-corrected chi connectivity index (χ1v) is 7.91. The summed E-state index contributed by atoms with van der Waals surface area (Å²) in [5, 5.41) is 18.6. The number of benzene rings is 1. The molecule has 0 aliphatic heterocycles. The number of nitrogens with zero attached hydrogens (tertiary/aromatic N) is 2. The Bertz CT molecular complexity index is 639. The summed E-state index contributed by atoms with van der Waals surface area (Å²) in [5.74, 6) is 0. The highest BCUT2D eigenvalue weighted by Crippen LogP contribution is 2.29. The van der Waals surface area contributed by atoms with Crippen molar-refractivity contribution in [3.05, 3.63) is 34.4 Å². The zero-order valence-electron chi connectivity index (χ0n) is 12.5. The van der Waals surface area contributed by atoms with Gasteiger partial charge in [-0.25, -0.2) is 4.79 Å². The van der Waals surface area contributed by atoms with Crippen LogP contribution in [-0.2, 0) is 0 Å². The molecule has 0 saturated heterocycles. The van der Waals surface area contributed by atoms with E-state index in [9.17, 15) is 14.9 Å². The molecule has 0 saturated carbocycles. The Hall–Kier alpha value is -1.55. The fourth-order valence-corrected chi connectivity index (χ4v) is 2.01. The lowest BCUT2D eigenvalue weighted by atomic mass is 10.3. The Balaban J connectivity index is 2.80. The molecule has 0 aliphatic carbocycles. The van der Waals surface area contributed by atoms with Crippen molar-refractivity contribution in [3.63, 3.8) is 0 Å². The maximum absolute atomic E-state index is 11.7. The molecule has 3 N–H and O–H groups in total. The molecule has 132 valence electrons. The second kappa shape index (κ2) is 8.52. The largest absolute Gasteiger partial charge is 0.339 e. The van der Waals surface area contributed by atoms with E-state index in [1.165, 1.54) is 37.2 Å². The Morgan fingerprint density at radius 2 is 1.96 bits per heavy atom. The molecule has 0 radical (unpaired) electrons. The van der Waals surface area contributed by atoms with Gasteiger partial charge in [-0.05, 0) is 18.3 Å². The van der Waals surface area contributed by atoms with Crippen LogP contribution in [0.5, 0.6) is 0 Å². The summed E-state index contributed by atoms with van der Waals surface area (Å²) in [4.78, 5) is 23.2. The van der Waals surface area contributed by atoms with Crippen molar-refractivity contribution in [2.75, 3.05) is 19.4 Å². The highest BCUT2D eigenvalue weighted by molar-refractivity contribution is 7.80. The van der Waals surface area contributed by atoms with Gasteiger partial charge in [-0.15, -0.1) is 0 Å². The van der Waals surface area contributed by atoms with Crippen LogP contribution >= 0.6 is 47.0 Å². The smallest absolute Gasteiger partial charge is 0.318 e. The van der Waals surface area contributed by atoms with Crippen LogP contribution in [0, 0.1) is 10.1 Å². The Morgan fingerprint density at radius 1 is 1.33 bits per heavy atom. The van der Waals surface area contributed by atoms with Gasteiger partial charge in [-0.2, -0.15) is 0 Å². The number of nitro groups is 1. The average molecular weight is 415 g/mol. The van der Waals surface area contributed by atoms with Crippen LogP contribution < -0.4 is 16.0 Å². The van der Waals surface area contributed by atoms with Crippen LogP contribution in [0.3, 0.4) is 0 Å². The van der Waals surface area contributed by atoms with Crippen LogP contribution in [0.15, 0.2) is 24.3 Å². The standard InChI is InChI=1S/C12H14Cl3N5O3S/c1-19(2)11(21)18-9(12(13,14)15)17-10(24)16-7-4-3-5-8(6-7)20(22)23/h3-6,9H,1-2H3,(H,18,21)(H2,16,17,24). The van der Waals surface area contributed by atoms with Crippen LogP contribution in [0.4, 0.5) is 16.2 Å². The molecule has 8 nitrogen and oxygen atoms in total. The van der Waals surface area contributed by atoms with Crippen LogP contribution in [0.2, 0.25) is 0 Å². The topological polar surface area (TPSA) is 99.5 Å². The van der Waals surface area contributed by atoms with Crippen molar-refractivity contribution >= 4 is 69.5 Å². The summed E-state index contributed by atoms with van der Waals surface area (Å²) in [6, 6.07) is 5.18. The van der Waals surface area contributed by atoms with E-state index >= 15 is 0 Å². The minimum absolute atomic E-state index is 0.00544. The van der Waals surface area contributed by atoms with Gasteiger partial charge in [0, 0.05) is 31.9 Å². The number of carbonyl (C=O) groups excluding carboxylic acids is 1. The lowest BCUT2D eigenvalue weighted by Gasteiger charge is -2.28. The van der Waals surface area contributed by atoms with E-state index in [0.717, 1.165) is 0 Å². The van der Waals surface area contributed by atoms with Gasteiger partial charge in [0.2, 0.25) is 3.79 Å². The third kappa shape index (κ3) is 6.52. The van der Waals surface area contributed by atoms with Crippen molar-refractivity contribution in [2.24, 2.45) is 0 Å². The van der Waals surface area contributed by atoms with E-state index in [-0.39, 0.29) is 10.8 Å². The number of non-ortho nitro benzene ring substituents is 1. The van der Waals surface area contributed by atoms with E-state index in [4.69, 9.17) is 47.0 Å². The lowest BCUT2D eigenvalue weighted by molar-refractivity contribution is -0.384. The average Bonchev–Trinajstić information content (AvgIpc) is 2.45. The number of thiocarbonyl (C=S) groups is 1. The normalized spacial score (nSPS) is 12.0. The van der Waals surface area contributed by atoms with Gasteiger partial charge < -0.3 is 20.9 Å². The number of anilines is 1. The fourth-order valence-electron chi connectivity index (χ4n) is 1.45. The maximum atomic E-state index is 11.7. The molecule has 1 rings (SSSR count). The molecule has 24 heavy (non-hydrogen) atoms. The summed E-state index contributed by atoms with van der Waals surface area (Å²) >= 11 is 22.5. The van der Waals surface area contributed by atoms with Gasteiger partial charge in [0.1, 0.15) is 0 Å². The number of nitrogens with one attached hydrogen (secondary N) is 3. The Morgan fingerprint density at radius 3 is 2.46 bits per heavy atom. The third-order valence-corrected chi connectivity index (χ3v) is 3.47. The van der Waals surface area contributed by atoms with E-state index in [0.29, 0.717) is 5.69 Å². The SMILES string of the molecule is CN(C)C(=O)NC(NC(=S)Nc1cccc([N+](=O)[O-])c1)C(Cl)(Cl)Cl. The minimum atomic E-state index is -1.89. The van der Waals surface area contributed by atoms with E-state index in [1.54, 1.807) is 6.07 Å². The summed E-state index contributed by atoms with van der Waals surface area (Å²) in [7, 11) is 3.04. The predicted octanol–water partition coefficient (Wildman–Crippen LogP) is 2.85. The maximum Gasteiger partial charge on any atom is 0.318 e.